The Kier molecular flexibility index (Phi) is 2.56. The van der Waals surface area contributed by atoms with Gasteiger partial charge < -0.3 is 0 Å². The third-order valence-electron chi connectivity index (χ3n) is 4.52. The van der Waals surface area contributed by atoms with Gasteiger partial charge in [0, 0.05) is 0 Å². The Morgan fingerprint density at radius 1 is 0.476 bits per heavy atom. The van der Waals surface area contributed by atoms with Crippen molar-refractivity contribution in [2.75, 3.05) is 0 Å². The number of benzene rings is 4. The lowest BCUT2D eigenvalue weighted by molar-refractivity contribution is 1.47. The third-order valence-corrected chi connectivity index (χ3v) is 4.52. The van der Waals surface area contributed by atoms with Crippen LogP contribution in [0.25, 0.3) is 32.3 Å². The van der Waals surface area contributed by atoms with Gasteiger partial charge in [-0.15, -0.1) is 0 Å². The summed E-state index contributed by atoms with van der Waals surface area (Å²) in [5.41, 5.74) is 4.01. The van der Waals surface area contributed by atoms with Gasteiger partial charge in [0.25, 0.3) is 0 Å². The van der Waals surface area contributed by atoms with Crippen LogP contribution in [0, 0.1) is 20.8 Å². The zero-order valence-corrected chi connectivity index (χ0v) is 12.7. The molecule has 4 aromatic rings. The van der Waals surface area contributed by atoms with Gasteiger partial charge in [0.1, 0.15) is 0 Å². The highest BCUT2D eigenvalue weighted by Crippen LogP contribution is 2.30. The van der Waals surface area contributed by atoms with E-state index in [2.05, 4.69) is 75.4 Å². The first-order chi connectivity index (χ1) is 10.1. The van der Waals surface area contributed by atoms with Crippen molar-refractivity contribution in [3.05, 3.63) is 71.3 Å². The fourth-order valence-electron chi connectivity index (χ4n) is 3.25. The van der Waals surface area contributed by atoms with Gasteiger partial charge in [-0.2, -0.15) is 0 Å². The van der Waals surface area contributed by atoms with Gasteiger partial charge in [-0.25, -0.2) is 0 Å². The summed E-state index contributed by atoms with van der Waals surface area (Å²) in [7, 11) is 0. The normalized spacial score (nSPS) is 11.6. The Morgan fingerprint density at radius 2 is 1.00 bits per heavy atom. The second-order valence-corrected chi connectivity index (χ2v) is 6.15. The molecule has 0 aromatic heterocycles. The fraction of sp³-hybridized carbons (Fsp3) is 0.143. The quantitative estimate of drug-likeness (QED) is 0.340. The summed E-state index contributed by atoms with van der Waals surface area (Å²) in [4.78, 5) is 0. The van der Waals surface area contributed by atoms with Crippen LogP contribution in [0.1, 0.15) is 16.7 Å². The zero-order chi connectivity index (χ0) is 14.6. The van der Waals surface area contributed by atoms with Crippen LogP contribution in [0.3, 0.4) is 0 Å². The monoisotopic (exact) mass is 270 g/mol. The molecule has 0 fully saturated rings. The van der Waals surface area contributed by atoms with Crippen molar-refractivity contribution in [3.63, 3.8) is 0 Å². The molecule has 0 aliphatic carbocycles. The van der Waals surface area contributed by atoms with Crippen LogP contribution in [0.2, 0.25) is 0 Å². The predicted octanol–water partition coefficient (Wildman–Crippen LogP) is 6.07. The maximum atomic E-state index is 2.34. The summed E-state index contributed by atoms with van der Waals surface area (Å²) in [5.74, 6) is 0. The second-order valence-electron chi connectivity index (χ2n) is 6.15. The minimum absolute atomic E-state index is 1.31. The Hall–Kier alpha value is -2.34. The number of aryl methyl sites for hydroxylation is 3. The fourth-order valence-corrected chi connectivity index (χ4v) is 3.25. The van der Waals surface area contributed by atoms with E-state index in [-0.39, 0.29) is 0 Å². The molecule has 0 saturated carbocycles. The molecule has 0 N–H and O–H groups in total. The maximum Gasteiger partial charge on any atom is -0.0146 e. The lowest BCUT2D eigenvalue weighted by Crippen LogP contribution is -1.85. The number of fused-ring (bicyclic) bond motifs is 3. The van der Waals surface area contributed by atoms with E-state index in [1.54, 1.807) is 0 Å². The number of rotatable bonds is 0. The first-order valence-electron chi connectivity index (χ1n) is 7.46. The summed E-state index contributed by atoms with van der Waals surface area (Å²) >= 11 is 0. The molecule has 0 heterocycles. The van der Waals surface area contributed by atoms with Crippen molar-refractivity contribution >= 4 is 32.3 Å². The number of hydrogen-bond acceptors (Lipinski definition) is 0. The van der Waals surface area contributed by atoms with Crippen LogP contribution in [0.15, 0.2) is 54.6 Å². The first-order valence-corrected chi connectivity index (χ1v) is 7.46. The molecule has 0 aliphatic rings. The average molecular weight is 270 g/mol. The molecule has 0 nitrogen and oxygen atoms in total. The molecule has 0 aliphatic heterocycles. The van der Waals surface area contributed by atoms with E-state index < -0.39 is 0 Å². The molecule has 0 saturated heterocycles. The molecule has 0 unspecified atom stereocenters. The topological polar surface area (TPSA) is 0 Å². The number of hydrogen-bond donors (Lipinski definition) is 0. The molecule has 0 heteroatoms. The van der Waals surface area contributed by atoms with Crippen molar-refractivity contribution in [3.8, 4) is 0 Å². The summed E-state index contributed by atoms with van der Waals surface area (Å²) < 4.78 is 0. The molecule has 0 atom stereocenters. The molecule has 0 bridgehead atoms. The van der Waals surface area contributed by atoms with E-state index in [1.165, 1.54) is 49.0 Å². The molecule has 0 spiro atoms. The Morgan fingerprint density at radius 3 is 1.62 bits per heavy atom. The molecule has 4 aromatic carbocycles. The minimum Gasteiger partial charge on any atom is -0.0587 e. The van der Waals surface area contributed by atoms with Crippen molar-refractivity contribution in [1.29, 1.82) is 0 Å². The summed E-state index contributed by atoms with van der Waals surface area (Å²) in [6.45, 7) is 6.54. The zero-order valence-electron chi connectivity index (χ0n) is 12.7. The molecule has 102 valence electrons. The van der Waals surface area contributed by atoms with Gasteiger partial charge in [0.15, 0.2) is 0 Å². The summed E-state index contributed by atoms with van der Waals surface area (Å²) in [5, 5.41) is 8.04. The summed E-state index contributed by atoms with van der Waals surface area (Å²) in [6.07, 6.45) is 0. The maximum absolute atomic E-state index is 2.34. The SMILES string of the molecule is Cc1ccc2cc3cc4c(C)ccc(C)c4cc3cc2c1. The van der Waals surface area contributed by atoms with E-state index in [4.69, 9.17) is 0 Å². The van der Waals surface area contributed by atoms with E-state index >= 15 is 0 Å². The van der Waals surface area contributed by atoms with Crippen molar-refractivity contribution in [2.45, 2.75) is 20.8 Å². The van der Waals surface area contributed by atoms with Crippen molar-refractivity contribution < 1.29 is 0 Å². The van der Waals surface area contributed by atoms with Crippen LogP contribution in [0.5, 0.6) is 0 Å². The minimum atomic E-state index is 1.31. The highest BCUT2D eigenvalue weighted by atomic mass is 14.1. The standard InChI is InChI=1S/C21H18/c1-13-4-7-16-9-18-11-20-14(2)5-6-15(3)21(20)12-19(18)10-17(16)8-13/h4-12H,1-3H3. The first kappa shape index (κ1) is 12.4. The molecule has 4 rings (SSSR count). The predicted molar refractivity (Wildman–Crippen MR) is 93.2 cm³/mol. The van der Waals surface area contributed by atoms with Gasteiger partial charge in [-0.3, -0.25) is 0 Å². The molecule has 0 radical (unpaired) electrons. The highest BCUT2D eigenvalue weighted by Gasteiger charge is 2.05. The van der Waals surface area contributed by atoms with Gasteiger partial charge >= 0.3 is 0 Å². The Balaban J connectivity index is 2.18. The van der Waals surface area contributed by atoms with E-state index in [0.717, 1.165) is 0 Å². The van der Waals surface area contributed by atoms with Crippen LogP contribution in [-0.2, 0) is 0 Å². The van der Waals surface area contributed by atoms with E-state index in [9.17, 15) is 0 Å². The van der Waals surface area contributed by atoms with Gasteiger partial charge in [-0.1, -0.05) is 35.9 Å². The van der Waals surface area contributed by atoms with Crippen molar-refractivity contribution in [1.82, 2.24) is 0 Å². The van der Waals surface area contributed by atoms with Gasteiger partial charge in [0.05, 0.1) is 0 Å². The van der Waals surface area contributed by atoms with Crippen LogP contribution < -0.4 is 0 Å². The average Bonchev–Trinajstić information content (AvgIpc) is 2.48. The largest absolute Gasteiger partial charge is 0.0587 e. The van der Waals surface area contributed by atoms with Crippen LogP contribution in [-0.4, -0.2) is 0 Å². The molecular formula is C21H18. The van der Waals surface area contributed by atoms with Gasteiger partial charge in [-0.05, 0) is 88.5 Å². The molecule has 21 heavy (non-hydrogen) atoms. The third kappa shape index (κ3) is 1.91. The Labute approximate surface area is 125 Å². The van der Waals surface area contributed by atoms with E-state index in [1.807, 2.05) is 0 Å². The highest BCUT2D eigenvalue weighted by molar-refractivity contribution is 6.06. The summed E-state index contributed by atoms with van der Waals surface area (Å²) in [6, 6.07) is 20.4. The smallest absolute Gasteiger partial charge is 0.0146 e. The van der Waals surface area contributed by atoms with Crippen molar-refractivity contribution in [2.24, 2.45) is 0 Å². The Bertz CT molecular complexity index is 1010. The van der Waals surface area contributed by atoms with Gasteiger partial charge in [0.2, 0.25) is 0 Å². The van der Waals surface area contributed by atoms with Crippen LogP contribution >= 0.6 is 0 Å². The van der Waals surface area contributed by atoms with Crippen LogP contribution in [0.4, 0.5) is 0 Å². The lowest BCUT2D eigenvalue weighted by atomic mass is 9.95. The molecular weight excluding hydrogens is 252 g/mol. The molecule has 0 amide bonds. The lowest BCUT2D eigenvalue weighted by Gasteiger charge is -2.09. The second kappa shape index (κ2) is 4.33. The van der Waals surface area contributed by atoms with E-state index in [0.29, 0.717) is 0 Å².